The van der Waals surface area contributed by atoms with Gasteiger partial charge in [0.15, 0.2) is 0 Å². The summed E-state index contributed by atoms with van der Waals surface area (Å²) in [6.45, 7) is 5.40. The third kappa shape index (κ3) is 5.84. The lowest BCUT2D eigenvalue weighted by atomic mass is 10.1. The van der Waals surface area contributed by atoms with Crippen LogP contribution in [0.2, 0.25) is 0 Å². The molecule has 2 amide bonds. The van der Waals surface area contributed by atoms with Crippen molar-refractivity contribution >= 4 is 23.4 Å². The number of nitrogens with two attached hydrogens (primary N) is 1. The van der Waals surface area contributed by atoms with Crippen LogP contribution < -0.4 is 16.4 Å². The van der Waals surface area contributed by atoms with Crippen molar-refractivity contribution in [1.82, 2.24) is 0 Å². The van der Waals surface area contributed by atoms with Gasteiger partial charge in [0.2, 0.25) is 5.91 Å². The van der Waals surface area contributed by atoms with E-state index in [0.29, 0.717) is 11.4 Å². The fraction of sp³-hybridized carbons (Fsp3) is 0.263. The number of nitrogens with one attached hydrogen (secondary N) is 2. The van der Waals surface area contributed by atoms with E-state index >= 15 is 0 Å². The van der Waals surface area contributed by atoms with Gasteiger partial charge >= 0.3 is 6.09 Å². The summed E-state index contributed by atoms with van der Waals surface area (Å²) in [7, 11) is 0. The molecule has 0 saturated heterocycles. The van der Waals surface area contributed by atoms with Crippen LogP contribution in [0, 0.1) is 0 Å². The summed E-state index contributed by atoms with van der Waals surface area (Å²) >= 11 is 0. The van der Waals surface area contributed by atoms with Gasteiger partial charge in [-0.15, -0.1) is 0 Å². The first kappa shape index (κ1) is 18.3. The van der Waals surface area contributed by atoms with Crippen LogP contribution in [-0.4, -0.2) is 17.6 Å². The molecule has 0 aliphatic carbocycles. The van der Waals surface area contributed by atoms with Crippen molar-refractivity contribution in [2.24, 2.45) is 5.73 Å². The van der Waals surface area contributed by atoms with Crippen molar-refractivity contribution in [3.05, 3.63) is 60.2 Å². The molecule has 25 heavy (non-hydrogen) atoms. The molecule has 0 aliphatic heterocycles. The summed E-state index contributed by atoms with van der Waals surface area (Å²) in [6.07, 6.45) is -0.521. The molecular formula is C19H23N3O3. The van der Waals surface area contributed by atoms with E-state index in [1.807, 2.05) is 30.3 Å². The average molecular weight is 341 g/mol. The van der Waals surface area contributed by atoms with Gasteiger partial charge in [0.1, 0.15) is 11.6 Å². The zero-order valence-electron chi connectivity index (χ0n) is 14.6. The predicted octanol–water partition coefficient (Wildman–Crippen LogP) is 3.67. The topological polar surface area (TPSA) is 93.4 Å². The number of amides is 2. The lowest BCUT2D eigenvalue weighted by molar-refractivity contribution is -0.118. The maximum Gasteiger partial charge on any atom is 0.412 e. The predicted molar refractivity (Wildman–Crippen MR) is 98.3 cm³/mol. The Morgan fingerprint density at radius 2 is 1.52 bits per heavy atom. The van der Waals surface area contributed by atoms with Crippen molar-refractivity contribution < 1.29 is 14.3 Å². The summed E-state index contributed by atoms with van der Waals surface area (Å²) < 4.78 is 5.20. The lowest BCUT2D eigenvalue weighted by Gasteiger charge is -2.20. The molecule has 0 fully saturated rings. The van der Waals surface area contributed by atoms with Gasteiger partial charge in [-0.1, -0.05) is 30.3 Å². The molecule has 0 aromatic heterocycles. The molecule has 132 valence electrons. The van der Waals surface area contributed by atoms with Crippen molar-refractivity contribution in [2.75, 3.05) is 10.6 Å². The molecule has 2 aromatic carbocycles. The number of benzene rings is 2. The van der Waals surface area contributed by atoms with Crippen LogP contribution in [0.4, 0.5) is 16.2 Å². The number of primary amides is 1. The molecule has 0 bridgehead atoms. The van der Waals surface area contributed by atoms with Crippen molar-refractivity contribution in [1.29, 1.82) is 0 Å². The molecule has 1 atom stereocenters. The molecule has 4 N–H and O–H groups in total. The monoisotopic (exact) mass is 341 g/mol. The summed E-state index contributed by atoms with van der Waals surface area (Å²) in [5.74, 6) is -0.470. The van der Waals surface area contributed by atoms with Crippen molar-refractivity contribution in [3.63, 3.8) is 0 Å². The van der Waals surface area contributed by atoms with E-state index in [4.69, 9.17) is 10.5 Å². The van der Waals surface area contributed by atoms with Crippen LogP contribution in [0.25, 0.3) is 0 Å². The van der Waals surface area contributed by atoms with E-state index in [1.54, 1.807) is 45.0 Å². The minimum atomic E-state index is -0.633. The number of rotatable bonds is 5. The van der Waals surface area contributed by atoms with Gasteiger partial charge < -0.3 is 15.8 Å². The second-order valence-corrected chi connectivity index (χ2v) is 6.59. The molecule has 6 nitrogen and oxygen atoms in total. The number of carbonyl (C=O) groups is 2. The Morgan fingerprint density at radius 3 is 2.04 bits per heavy atom. The Hall–Kier alpha value is -3.02. The van der Waals surface area contributed by atoms with Crippen LogP contribution in [0.5, 0.6) is 0 Å². The molecule has 6 heteroatoms. The summed E-state index contributed by atoms with van der Waals surface area (Å²) in [5.41, 5.74) is 7.02. The van der Waals surface area contributed by atoms with Gasteiger partial charge in [0.05, 0.1) is 0 Å². The van der Waals surface area contributed by atoms with Crippen LogP contribution in [0.3, 0.4) is 0 Å². The highest BCUT2D eigenvalue weighted by molar-refractivity contribution is 5.86. The number of carbonyl (C=O) groups excluding carboxylic acids is 2. The highest BCUT2D eigenvalue weighted by atomic mass is 16.6. The highest BCUT2D eigenvalue weighted by Gasteiger charge is 2.18. The lowest BCUT2D eigenvalue weighted by Crippen LogP contribution is -2.28. The molecule has 2 aromatic rings. The van der Waals surface area contributed by atoms with Crippen LogP contribution in [0.1, 0.15) is 32.4 Å². The van der Waals surface area contributed by atoms with Crippen LogP contribution >= 0.6 is 0 Å². The van der Waals surface area contributed by atoms with Gasteiger partial charge in [-0.3, -0.25) is 10.1 Å². The molecule has 0 radical (unpaired) electrons. The number of anilines is 2. The fourth-order valence-electron chi connectivity index (χ4n) is 2.20. The van der Waals surface area contributed by atoms with Gasteiger partial charge in [-0.25, -0.2) is 4.79 Å². The molecular weight excluding hydrogens is 318 g/mol. The number of ether oxygens (including phenoxy) is 1. The summed E-state index contributed by atoms with van der Waals surface area (Å²) in [4.78, 5) is 23.5. The Bertz CT molecular complexity index is 722. The van der Waals surface area contributed by atoms with Crippen molar-refractivity contribution in [3.8, 4) is 0 Å². The molecule has 0 saturated carbocycles. The second kappa shape index (κ2) is 7.70. The molecule has 1 unspecified atom stereocenters. The second-order valence-electron chi connectivity index (χ2n) is 6.59. The van der Waals surface area contributed by atoms with E-state index in [-0.39, 0.29) is 0 Å². The van der Waals surface area contributed by atoms with Gasteiger partial charge in [0.25, 0.3) is 0 Å². The first-order chi connectivity index (χ1) is 11.7. The third-order valence-electron chi connectivity index (χ3n) is 3.26. The molecule has 0 aliphatic rings. The zero-order valence-corrected chi connectivity index (χ0v) is 14.6. The standard InChI is InChI=1S/C19H23N3O3/c1-19(2,3)25-18(24)22-15-11-9-14(10-12-15)21-16(17(20)23)13-7-5-4-6-8-13/h4-12,16,21H,1-3H3,(H2,20,23)(H,22,24). The van der Waals surface area contributed by atoms with Crippen LogP contribution in [-0.2, 0) is 9.53 Å². The maximum atomic E-state index is 11.8. The summed E-state index contributed by atoms with van der Waals surface area (Å²) in [6, 6.07) is 15.6. The Labute approximate surface area is 147 Å². The van der Waals surface area contributed by atoms with Gasteiger partial charge in [0, 0.05) is 11.4 Å². The fourth-order valence-corrected chi connectivity index (χ4v) is 2.20. The third-order valence-corrected chi connectivity index (χ3v) is 3.26. The van der Waals surface area contributed by atoms with E-state index < -0.39 is 23.6 Å². The van der Waals surface area contributed by atoms with Crippen molar-refractivity contribution in [2.45, 2.75) is 32.4 Å². The molecule has 0 spiro atoms. The number of hydrogen-bond acceptors (Lipinski definition) is 4. The summed E-state index contributed by atoms with van der Waals surface area (Å²) in [5, 5.41) is 5.75. The first-order valence-electron chi connectivity index (χ1n) is 7.95. The maximum absolute atomic E-state index is 11.8. The zero-order chi connectivity index (χ0) is 18.4. The minimum absolute atomic E-state index is 0.470. The van der Waals surface area contributed by atoms with Gasteiger partial charge in [-0.05, 0) is 50.6 Å². The average Bonchev–Trinajstić information content (AvgIpc) is 2.53. The molecule has 2 rings (SSSR count). The van der Waals surface area contributed by atoms with E-state index in [1.165, 1.54) is 0 Å². The minimum Gasteiger partial charge on any atom is -0.444 e. The highest BCUT2D eigenvalue weighted by Crippen LogP contribution is 2.21. The Morgan fingerprint density at radius 1 is 0.960 bits per heavy atom. The quantitative estimate of drug-likeness (QED) is 0.773. The van der Waals surface area contributed by atoms with E-state index in [0.717, 1.165) is 5.56 Å². The van der Waals surface area contributed by atoms with E-state index in [9.17, 15) is 9.59 Å². The Balaban J connectivity index is 2.04. The SMILES string of the molecule is CC(C)(C)OC(=O)Nc1ccc(NC(C(N)=O)c2ccccc2)cc1. The Kier molecular flexibility index (Phi) is 5.64. The van der Waals surface area contributed by atoms with Crippen LogP contribution in [0.15, 0.2) is 54.6 Å². The number of hydrogen-bond donors (Lipinski definition) is 3. The largest absolute Gasteiger partial charge is 0.444 e. The van der Waals surface area contributed by atoms with E-state index in [2.05, 4.69) is 10.6 Å². The normalized spacial score (nSPS) is 12.1. The molecule has 0 heterocycles. The smallest absolute Gasteiger partial charge is 0.412 e. The van der Waals surface area contributed by atoms with Gasteiger partial charge in [-0.2, -0.15) is 0 Å². The first-order valence-corrected chi connectivity index (χ1v) is 7.95.